The largest absolute Gasteiger partial charge is 0.451 e. The third kappa shape index (κ3) is 3.54. The van der Waals surface area contributed by atoms with Crippen molar-refractivity contribution < 1.29 is 23.5 Å². The minimum Gasteiger partial charge on any atom is -0.451 e. The fourth-order valence-corrected chi connectivity index (χ4v) is 3.36. The number of aryl methyl sites for hydroxylation is 1. The SMILES string of the molecule is Cc1nn(-c2ccc(F)cc2)c2sc(C(=O)OCC(=O)NC(N)=O)cc12. The molecule has 8 nitrogen and oxygen atoms in total. The number of ether oxygens (including phenoxy) is 1. The van der Waals surface area contributed by atoms with E-state index in [1.807, 2.05) is 0 Å². The Bertz CT molecular complexity index is 1010. The quantitative estimate of drug-likeness (QED) is 0.675. The number of nitrogens with two attached hydrogens (primary N) is 1. The summed E-state index contributed by atoms with van der Waals surface area (Å²) in [6, 6.07) is 6.37. The summed E-state index contributed by atoms with van der Waals surface area (Å²) in [6.45, 7) is 1.16. The molecule has 1 aromatic carbocycles. The molecule has 0 fully saturated rings. The van der Waals surface area contributed by atoms with Crippen LogP contribution in [0.1, 0.15) is 15.4 Å². The zero-order valence-electron chi connectivity index (χ0n) is 13.5. The van der Waals surface area contributed by atoms with Gasteiger partial charge in [-0.25, -0.2) is 18.7 Å². The Morgan fingerprint density at radius 1 is 1.31 bits per heavy atom. The number of urea groups is 1. The van der Waals surface area contributed by atoms with Crippen LogP contribution in [0, 0.1) is 12.7 Å². The van der Waals surface area contributed by atoms with Crippen LogP contribution < -0.4 is 11.1 Å². The highest BCUT2D eigenvalue weighted by Crippen LogP contribution is 2.30. The molecule has 26 heavy (non-hydrogen) atoms. The van der Waals surface area contributed by atoms with E-state index in [0.29, 0.717) is 16.2 Å². The maximum absolute atomic E-state index is 13.1. The number of carbonyl (C=O) groups is 3. The van der Waals surface area contributed by atoms with Gasteiger partial charge in [0.25, 0.3) is 5.91 Å². The number of amides is 3. The first-order valence-corrected chi connectivity index (χ1v) is 8.18. The van der Waals surface area contributed by atoms with Crippen molar-refractivity contribution in [3.05, 3.63) is 46.7 Å². The van der Waals surface area contributed by atoms with E-state index in [9.17, 15) is 18.8 Å². The summed E-state index contributed by atoms with van der Waals surface area (Å²) in [5, 5.41) is 6.93. The number of halogens is 1. The third-order valence-electron chi connectivity index (χ3n) is 3.41. The summed E-state index contributed by atoms with van der Waals surface area (Å²) < 4.78 is 19.6. The van der Waals surface area contributed by atoms with E-state index in [-0.39, 0.29) is 10.7 Å². The molecule has 10 heteroatoms. The predicted molar refractivity (Wildman–Crippen MR) is 91.7 cm³/mol. The normalized spacial score (nSPS) is 10.7. The Morgan fingerprint density at radius 3 is 2.65 bits per heavy atom. The second-order valence-corrected chi connectivity index (χ2v) is 6.32. The zero-order chi connectivity index (χ0) is 18.8. The van der Waals surface area contributed by atoms with Crippen molar-refractivity contribution >= 4 is 39.5 Å². The topological polar surface area (TPSA) is 116 Å². The summed E-state index contributed by atoms with van der Waals surface area (Å²) >= 11 is 1.13. The Hall–Kier alpha value is -3.27. The Morgan fingerprint density at radius 2 is 2.00 bits per heavy atom. The molecule has 0 radical (unpaired) electrons. The number of benzene rings is 1. The number of nitrogens with zero attached hydrogens (tertiary/aromatic N) is 2. The number of fused-ring (bicyclic) bond motifs is 1. The molecule has 134 valence electrons. The van der Waals surface area contributed by atoms with Gasteiger partial charge >= 0.3 is 12.0 Å². The summed E-state index contributed by atoms with van der Waals surface area (Å²) in [5.41, 5.74) is 6.14. The second-order valence-electron chi connectivity index (χ2n) is 5.29. The number of aromatic nitrogens is 2. The number of hydrogen-bond acceptors (Lipinski definition) is 6. The number of nitrogens with one attached hydrogen (secondary N) is 1. The van der Waals surface area contributed by atoms with Gasteiger partial charge in [-0.15, -0.1) is 11.3 Å². The highest BCUT2D eigenvalue weighted by molar-refractivity contribution is 7.20. The first-order valence-electron chi connectivity index (χ1n) is 7.36. The third-order valence-corrected chi connectivity index (χ3v) is 4.50. The minimum atomic E-state index is -1.03. The van der Waals surface area contributed by atoms with E-state index in [0.717, 1.165) is 16.7 Å². The number of esters is 1. The van der Waals surface area contributed by atoms with Gasteiger partial charge in [0.15, 0.2) is 6.61 Å². The van der Waals surface area contributed by atoms with Crippen LogP contribution in [0.25, 0.3) is 15.9 Å². The molecule has 0 aliphatic heterocycles. The van der Waals surface area contributed by atoms with Crippen molar-refractivity contribution in [2.24, 2.45) is 5.73 Å². The van der Waals surface area contributed by atoms with E-state index >= 15 is 0 Å². The number of carbonyl (C=O) groups excluding carboxylic acids is 3. The van der Waals surface area contributed by atoms with E-state index in [1.54, 1.807) is 35.1 Å². The van der Waals surface area contributed by atoms with Crippen LogP contribution in [0.5, 0.6) is 0 Å². The predicted octanol–water partition coefficient (Wildman–Crippen LogP) is 1.89. The molecule has 0 spiro atoms. The Labute approximate surface area is 150 Å². The van der Waals surface area contributed by atoms with Crippen molar-refractivity contribution in [1.82, 2.24) is 15.1 Å². The maximum atomic E-state index is 13.1. The molecule has 0 saturated carbocycles. The average molecular weight is 376 g/mol. The lowest BCUT2D eigenvalue weighted by atomic mass is 10.3. The monoisotopic (exact) mass is 376 g/mol. The van der Waals surface area contributed by atoms with Crippen LogP contribution in [-0.4, -0.2) is 34.3 Å². The van der Waals surface area contributed by atoms with Crippen LogP contribution in [0.15, 0.2) is 30.3 Å². The molecule has 0 saturated heterocycles. The van der Waals surface area contributed by atoms with Crippen molar-refractivity contribution in [3.63, 3.8) is 0 Å². The highest BCUT2D eigenvalue weighted by atomic mass is 32.1. The fourth-order valence-electron chi connectivity index (χ4n) is 2.28. The lowest BCUT2D eigenvalue weighted by Crippen LogP contribution is -2.37. The molecule has 0 atom stereocenters. The number of imide groups is 1. The molecular formula is C16H13FN4O4S. The van der Waals surface area contributed by atoms with Crippen molar-refractivity contribution in [1.29, 1.82) is 0 Å². The van der Waals surface area contributed by atoms with E-state index in [1.165, 1.54) is 12.1 Å². The standard InChI is InChI=1S/C16H13FN4O4S/c1-8-11-6-12(15(23)25-7-13(22)19-16(18)24)26-14(11)21(20-8)10-4-2-9(17)3-5-10/h2-6H,7H2,1H3,(H3,18,19,22,24). The van der Waals surface area contributed by atoms with Gasteiger partial charge in [0.2, 0.25) is 0 Å². The molecule has 0 bridgehead atoms. The first kappa shape index (κ1) is 17.5. The smallest absolute Gasteiger partial charge is 0.348 e. The van der Waals surface area contributed by atoms with Crippen LogP contribution in [0.3, 0.4) is 0 Å². The molecule has 0 unspecified atom stereocenters. The minimum absolute atomic E-state index is 0.267. The molecule has 3 N–H and O–H groups in total. The van der Waals surface area contributed by atoms with Gasteiger partial charge in [-0.3, -0.25) is 10.1 Å². The summed E-state index contributed by atoms with van der Waals surface area (Å²) in [5.74, 6) is -1.89. The van der Waals surface area contributed by atoms with E-state index in [2.05, 4.69) is 5.10 Å². The molecule has 0 aliphatic carbocycles. The van der Waals surface area contributed by atoms with Gasteiger partial charge < -0.3 is 10.5 Å². The van der Waals surface area contributed by atoms with Crippen LogP contribution in [0.2, 0.25) is 0 Å². The molecule has 3 amide bonds. The first-order chi connectivity index (χ1) is 12.3. The number of rotatable bonds is 4. The molecule has 0 aliphatic rings. The summed E-state index contributed by atoms with van der Waals surface area (Å²) in [6.07, 6.45) is 0. The number of thiophene rings is 1. The van der Waals surface area contributed by atoms with Gasteiger partial charge in [-0.1, -0.05) is 0 Å². The molecule has 3 rings (SSSR count). The van der Waals surface area contributed by atoms with Crippen LogP contribution in [-0.2, 0) is 9.53 Å². The number of primary amides is 1. The average Bonchev–Trinajstić information content (AvgIpc) is 3.14. The van der Waals surface area contributed by atoms with E-state index < -0.39 is 24.5 Å². The molecule has 3 aromatic rings. The summed E-state index contributed by atoms with van der Waals surface area (Å²) in [4.78, 5) is 34.9. The van der Waals surface area contributed by atoms with Gasteiger partial charge in [-0.2, -0.15) is 5.10 Å². The molecular weight excluding hydrogens is 363 g/mol. The van der Waals surface area contributed by atoms with Gasteiger partial charge in [0.05, 0.1) is 11.4 Å². The number of hydrogen-bond donors (Lipinski definition) is 2. The van der Waals surface area contributed by atoms with Gasteiger partial charge in [-0.05, 0) is 37.3 Å². The summed E-state index contributed by atoms with van der Waals surface area (Å²) in [7, 11) is 0. The molecule has 2 heterocycles. The lowest BCUT2D eigenvalue weighted by molar-refractivity contribution is -0.123. The van der Waals surface area contributed by atoms with Crippen molar-refractivity contribution in [2.45, 2.75) is 6.92 Å². The molecule has 2 aromatic heterocycles. The van der Waals surface area contributed by atoms with Crippen molar-refractivity contribution in [3.8, 4) is 5.69 Å². The maximum Gasteiger partial charge on any atom is 0.348 e. The van der Waals surface area contributed by atoms with Crippen LogP contribution in [0.4, 0.5) is 9.18 Å². The van der Waals surface area contributed by atoms with Crippen LogP contribution >= 0.6 is 11.3 Å². The highest BCUT2D eigenvalue weighted by Gasteiger charge is 2.19. The van der Waals surface area contributed by atoms with Crippen molar-refractivity contribution in [2.75, 3.05) is 6.61 Å². The fraction of sp³-hybridized carbons (Fsp3) is 0.125. The van der Waals surface area contributed by atoms with E-state index in [4.69, 9.17) is 10.5 Å². The lowest BCUT2D eigenvalue weighted by Gasteiger charge is -2.03. The Balaban J connectivity index is 1.84. The Kier molecular flexibility index (Phi) is 4.67. The van der Waals surface area contributed by atoms with Gasteiger partial charge in [0, 0.05) is 5.39 Å². The second kappa shape index (κ2) is 6.92. The zero-order valence-corrected chi connectivity index (χ0v) is 14.3. The van der Waals surface area contributed by atoms with Gasteiger partial charge in [0.1, 0.15) is 15.5 Å².